The van der Waals surface area contributed by atoms with Gasteiger partial charge in [0.15, 0.2) is 5.96 Å². The summed E-state index contributed by atoms with van der Waals surface area (Å²) in [6.07, 6.45) is 7.42. The number of para-hydroxylation sites is 1. The molecule has 0 radical (unpaired) electrons. The summed E-state index contributed by atoms with van der Waals surface area (Å²) >= 11 is 0. The highest BCUT2D eigenvalue weighted by atomic mass is 16.2. The van der Waals surface area contributed by atoms with Crippen LogP contribution in [0.4, 0.5) is 0 Å². The number of rotatable bonds is 26. The number of hydrogen-bond acceptors (Lipinski definition) is 10. The molecule has 14 N–H and O–H groups in total. The molecule has 1 fully saturated rings. The second kappa shape index (κ2) is 26.1. The highest BCUT2D eigenvalue weighted by Gasteiger charge is 2.40. The van der Waals surface area contributed by atoms with Crippen molar-refractivity contribution in [2.75, 3.05) is 13.1 Å². The molecule has 22 nitrogen and oxygen atoms in total. The van der Waals surface area contributed by atoms with Gasteiger partial charge < -0.3 is 63.6 Å². The molecule has 1 aliphatic heterocycles. The SMILES string of the molecule is CCCC[C@H](NC(C)=O)C(=O)N[C@@H](C)C(=O)N[C@@H](Cc1c[nH]cn1)C(=O)N[C@H](Cc1ccccc1)C(=O)N[C@@H](CCCNC(=N)N)C(=O)N1CCC[C@@H]1C(=O)N[C@@H](Cc1c[nH]c2ccccc12)C(N)=O. The van der Waals surface area contributed by atoms with E-state index in [4.69, 9.17) is 16.9 Å². The second-order valence-corrected chi connectivity index (χ2v) is 17.5. The van der Waals surface area contributed by atoms with Gasteiger partial charge >= 0.3 is 0 Å². The number of fused-ring (bicyclic) bond motifs is 1. The van der Waals surface area contributed by atoms with E-state index >= 15 is 0 Å². The van der Waals surface area contributed by atoms with Crippen molar-refractivity contribution in [1.29, 1.82) is 5.41 Å². The number of nitrogens with two attached hydrogens (primary N) is 2. The highest BCUT2D eigenvalue weighted by Crippen LogP contribution is 2.22. The molecule has 2 aromatic heterocycles. The Labute approximate surface area is 405 Å². The molecular weight excluding hydrogens is 901 g/mol. The quantitative estimate of drug-likeness (QED) is 0.0222. The minimum Gasteiger partial charge on any atom is -0.370 e. The fourth-order valence-corrected chi connectivity index (χ4v) is 8.32. The van der Waals surface area contributed by atoms with Crippen molar-refractivity contribution < 1.29 is 38.4 Å². The van der Waals surface area contributed by atoms with Crippen molar-refractivity contribution in [3.8, 4) is 0 Å². The Balaban J connectivity index is 1.35. The molecule has 0 bridgehead atoms. The molecule has 0 spiro atoms. The maximum Gasteiger partial charge on any atom is 0.245 e. The number of amides is 8. The lowest BCUT2D eigenvalue weighted by Gasteiger charge is -2.31. The molecule has 7 atom stereocenters. The molecule has 4 aromatic rings. The average Bonchev–Trinajstić information content (AvgIpc) is 4.13. The lowest BCUT2D eigenvalue weighted by atomic mass is 10.0. The topological polar surface area (TPSA) is 344 Å². The monoisotopic (exact) mass is 967 g/mol. The third-order valence-electron chi connectivity index (χ3n) is 12.0. The minimum absolute atomic E-state index is 0.0366. The normalized spacial score (nSPS) is 15.8. The summed E-state index contributed by atoms with van der Waals surface area (Å²) in [6.45, 7) is 5.02. The molecule has 1 saturated heterocycles. The zero-order valence-corrected chi connectivity index (χ0v) is 39.8. The maximum atomic E-state index is 14.6. The maximum absolute atomic E-state index is 14.6. The van der Waals surface area contributed by atoms with E-state index in [-0.39, 0.29) is 57.6 Å². The van der Waals surface area contributed by atoms with Gasteiger partial charge in [0.25, 0.3) is 0 Å². The molecular formula is C48H66N14O8. The lowest BCUT2D eigenvalue weighted by molar-refractivity contribution is -0.142. The van der Waals surface area contributed by atoms with E-state index in [9.17, 15) is 38.4 Å². The molecule has 0 saturated carbocycles. The van der Waals surface area contributed by atoms with Crippen LogP contribution >= 0.6 is 0 Å². The zero-order chi connectivity index (χ0) is 50.7. The Morgan fingerprint density at radius 1 is 0.757 bits per heavy atom. The van der Waals surface area contributed by atoms with Crippen molar-refractivity contribution in [2.24, 2.45) is 11.5 Å². The molecule has 1 aliphatic rings. The lowest BCUT2D eigenvalue weighted by Crippen LogP contribution is -2.60. The molecule has 70 heavy (non-hydrogen) atoms. The van der Waals surface area contributed by atoms with Crippen LogP contribution in [0.15, 0.2) is 73.3 Å². The molecule has 0 unspecified atom stereocenters. The number of likely N-dealkylation sites (tertiary alicyclic amines) is 1. The van der Waals surface area contributed by atoms with Gasteiger partial charge in [-0.3, -0.25) is 43.8 Å². The third kappa shape index (κ3) is 15.6. The molecule has 0 aliphatic carbocycles. The van der Waals surface area contributed by atoms with E-state index in [1.54, 1.807) is 42.7 Å². The Morgan fingerprint density at radius 2 is 1.41 bits per heavy atom. The number of aromatic amines is 2. The Morgan fingerprint density at radius 3 is 2.09 bits per heavy atom. The van der Waals surface area contributed by atoms with Crippen LogP contribution in [0.5, 0.6) is 0 Å². The van der Waals surface area contributed by atoms with Crippen LogP contribution in [0.2, 0.25) is 0 Å². The van der Waals surface area contributed by atoms with Crippen molar-refractivity contribution in [2.45, 2.75) is 127 Å². The van der Waals surface area contributed by atoms with E-state index < -0.39 is 89.6 Å². The van der Waals surface area contributed by atoms with Gasteiger partial charge in [-0.05, 0) is 56.2 Å². The molecule has 376 valence electrons. The van der Waals surface area contributed by atoms with E-state index in [1.165, 1.54) is 25.1 Å². The largest absolute Gasteiger partial charge is 0.370 e. The summed E-state index contributed by atoms with van der Waals surface area (Å²) in [5.74, 6) is -5.44. The molecule has 3 heterocycles. The fourth-order valence-electron chi connectivity index (χ4n) is 8.32. The summed E-state index contributed by atoms with van der Waals surface area (Å²) in [5.41, 5.74) is 14.0. The number of nitrogens with one attached hydrogen (secondary N) is 10. The number of guanidine groups is 1. The smallest absolute Gasteiger partial charge is 0.245 e. The number of unbranched alkanes of at least 4 members (excludes halogenated alkanes) is 1. The van der Waals surface area contributed by atoms with E-state index in [0.29, 0.717) is 30.5 Å². The van der Waals surface area contributed by atoms with E-state index in [0.717, 1.165) is 22.9 Å². The first-order valence-electron chi connectivity index (χ1n) is 23.6. The summed E-state index contributed by atoms with van der Waals surface area (Å²) in [7, 11) is 0. The van der Waals surface area contributed by atoms with Gasteiger partial charge in [0, 0.05) is 62.6 Å². The molecule has 2 aromatic carbocycles. The van der Waals surface area contributed by atoms with Gasteiger partial charge in [-0.2, -0.15) is 0 Å². The Hall–Kier alpha value is -7.78. The van der Waals surface area contributed by atoms with Crippen LogP contribution in [0.1, 0.15) is 82.5 Å². The minimum atomic E-state index is -1.31. The van der Waals surface area contributed by atoms with Crippen LogP contribution in [0.3, 0.4) is 0 Å². The van der Waals surface area contributed by atoms with Gasteiger partial charge in [-0.15, -0.1) is 0 Å². The number of primary amides is 1. The molecule has 5 rings (SSSR count). The average molecular weight is 967 g/mol. The van der Waals surface area contributed by atoms with Gasteiger partial charge in [0.05, 0.1) is 12.0 Å². The van der Waals surface area contributed by atoms with Crippen molar-refractivity contribution in [1.82, 2.24) is 57.1 Å². The predicted octanol–water partition coefficient (Wildman–Crippen LogP) is -0.203. The van der Waals surface area contributed by atoms with E-state index in [2.05, 4.69) is 52.2 Å². The summed E-state index contributed by atoms with van der Waals surface area (Å²) in [4.78, 5) is 120. The number of hydrogen-bond donors (Lipinski definition) is 12. The van der Waals surface area contributed by atoms with Crippen molar-refractivity contribution in [3.05, 3.63) is 90.1 Å². The van der Waals surface area contributed by atoms with Gasteiger partial charge in [0.1, 0.15) is 42.3 Å². The zero-order valence-electron chi connectivity index (χ0n) is 39.8. The number of carbonyl (C=O) groups excluding carboxylic acids is 8. The number of benzene rings is 2. The first-order chi connectivity index (χ1) is 33.5. The summed E-state index contributed by atoms with van der Waals surface area (Å²) in [5, 5.41) is 27.4. The summed E-state index contributed by atoms with van der Waals surface area (Å²) < 4.78 is 0. The van der Waals surface area contributed by atoms with Gasteiger partial charge in [0.2, 0.25) is 47.3 Å². The number of nitrogens with zero attached hydrogens (tertiary/aromatic N) is 2. The fraction of sp³-hybridized carbons (Fsp3) is 0.458. The molecule has 8 amide bonds. The second-order valence-electron chi connectivity index (χ2n) is 17.5. The predicted molar refractivity (Wildman–Crippen MR) is 260 cm³/mol. The number of carbonyl (C=O) groups is 8. The van der Waals surface area contributed by atoms with Crippen molar-refractivity contribution in [3.63, 3.8) is 0 Å². The van der Waals surface area contributed by atoms with Gasteiger partial charge in [-0.25, -0.2) is 4.98 Å². The van der Waals surface area contributed by atoms with Crippen LogP contribution in [-0.2, 0) is 57.6 Å². The molecule has 22 heteroatoms. The van der Waals surface area contributed by atoms with E-state index in [1.807, 2.05) is 31.2 Å². The van der Waals surface area contributed by atoms with Crippen LogP contribution in [-0.4, -0.2) is 128 Å². The number of aromatic nitrogens is 3. The Kier molecular flexibility index (Phi) is 19.8. The van der Waals surface area contributed by atoms with Crippen molar-refractivity contribution >= 4 is 64.1 Å². The van der Waals surface area contributed by atoms with Crippen LogP contribution in [0, 0.1) is 5.41 Å². The first-order valence-corrected chi connectivity index (χ1v) is 23.6. The highest BCUT2D eigenvalue weighted by molar-refractivity contribution is 5.98. The number of imidazole rings is 1. The number of H-pyrrole nitrogens is 2. The summed E-state index contributed by atoms with van der Waals surface area (Å²) in [6, 6.07) is 8.35. The Bertz CT molecular complexity index is 2440. The third-order valence-corrected chi connectivity index (χ3v) is 12.0. The van der Waals surface area contributed by atoms with Crippen LogP contribution < -0.4 is 48.7 Å². The first kappa shape index (κ1) is 53.2. The van der Waals surface area contributed by atoms with Crippen LogP contribution in [0.25, 0.3) is 10.9 Å². The standard InChI is InChI=1S/C48H66N14O8/c1-4-5-16-35(57-29(3)63)43(66)56-28(2)42(65)60-39(24-32-26-52-27-55-32)45(68)61-38(22-30-13-7-6-8-14-30)44(67)58-36(18-11-20-53-48(50)51)47(70)62-21-12-19-40(62)46(69)59-37(41(49)64)23-31-25-54-34-17-10-9-15-33(31)34/h6-10,13-15,17,25-28,35-40,54H,4-5,11-12,16,18-24H2,1-3H3,(H2,49,64)(H,52,55)(H,56,66)(H,57,63)(H,58,67)(H,59,69)(H,60,65)(H,61,68)(H4,50,51,53)/t28-,35-,36-,37-,38+,39-,40+/m0/s1. The van der Waals surface area contributed by atoms with Gasteiger partial charge in [-0.1, -0.05) is 68.3 Å².